The van der Waals surface area contributed by atoms with E-state index in [1.54, 1.807) is 0 Å². The zero-order chi connectivity index (χ0) is 36.9. The van der Waals surface area contributed by atoms with Crippen LogP contribution in [-0.2, 0) is 38.3 Å². The van der Waals surface area contributed by atoms with Crippen LogP contribution in [0.3, 0.4) is 0 Å². The molecule has 1 rings (SSSR count). The first-order chi connectivity index (χ1) is 24.1. The molecule has 1 heterocycles. The molecule has 0 aliphatic carbocycles. The number of esters is 1. The second-order valence-corrected chi connectivity index (χ2v) is 14.6. The molecule has 0 amide bonds. The summed E-state index contributed by atoms with van der Waals surface area (Å²) >= 11 is 0. The summed E-state index contributed by atoms with van der Waals surface area (Å²) in [7, 11) is -5.05. The maximum Gasteiger partial charge on any atom is 0.397 e. The van der Waals surface area contributed by atoms with Crippen LogP contribution in [0.1, 0.15) is 155 Å². The van der Waals surface area contributed by atoms with Crippen molar-refractivity contribution in [2.75, 3.05) is 26.4 Å². The van der Waals surface area contributed by atoms with Crippen LogP contribution in [0, 0.1) is 0 Å². The third kappa shape index (κ3) is 24.2. The minimum Gasteiger partial charge on any atom is -0.457 e. The lowest BCUT2D eigenvalue weighted by Crippen LogP contribution is -2.60. The number of carbonyl (C=O) groups is 1. The van der Waals surface area contributed by atoms with Gasteiger partial charge in [-0.3, -0.25) is 9.35 Å². The van der Waals surface area contributed by atoms with E-state index in [1.807, 2.05) is 0 Å². The van der Waals surface area contributed by atoms with E-state index in [1.165, 1.54) is 83.5 Å². The van der Waals surface area contributed by atoms with E-state index in [0.717, 1.165) is 44.9 Å². The Morgan fingerprint density at radius 2 is 1.26 bits per heavy atom. The lowest BCUT2D eigenvalue weighted by Gasteiger charge is -2.41. The maximum absolute atomic E-state index is 12.7. The van der Waals surface area contributed by atoms with Gasteiger partial charge >= 0.3 is 16.4 Å². The molecule has 0 aromatic heterocycles. The lowest BCUT2D eigenvalue weighted by molar-refractivity contribution is -0.301. The normalized spacial score (nSPS) is 21.9. The van der Waals surface area contributed by atoms with Gasteiger partial charge in [-0.25, -0.2) is 4.18 Å². The molecule has 0 aromatic rings. The van der Waals surface area contributed by atoms with Gasteiger partial charge in [-0.1, -0.05) is 122 Å². The summed E-state index contributed by atoms with van der Waals surface area (Å²) < 4.78 is 58.5. The third-order valence-electron chi connectivity index (χ3n) is 8.89. The van der Waals surface area contributed by atoms with Crippen LogP contribution in [0.5, 0.6) is 0 Å². The van der Waals surface area contributed by atoms with E-state index in [0.29, 0.717) is 13.0 Å². The summed E-state index contributed by atoms with van der Waals surface area (Å²) in [6, 6.07) is 0. The van der Waals surface area contributed by atoms with Gasteiger partial charge in [0.25, 0.3) is 0 Å². The number of allylic oxidation sites excluding steroid dienone is 2. The second kappa shape index (κ2) is 30.3. The van der Waals surface area contributed by atoms with Gasteiger partial charge in [-0.2, -0.15) is 8.42 Å². The van der Waals surface area contributed by atoms with E-state index in [9.17, 15) is 28.5 Å². The van der Waals surface area contributed by atoms with Crippen LogP contribution >= 0.6 is 0 Å². The van der Waals surface area contributed by atoms with E-state index >= 15 is 0 Å². The summed E-state index contributed by atoms with van der Waals surface area (Å²) in [5.41, 5.74) is 0. The van der Waals surface area contributed by atoms with Crippen LogP contribution in [0.4, 0.5) is 0 Å². The third-order valence-corrected chi connectivity index (χ3v) is 9.35. The van der Waals surface area contributed by atoms with Crippen LogP contribution in [0.25, 0.3) is 0 Å². The molecule has 0 aromatic carbocycles. The number of hydrogen-bond acceptors (Lipinski definition) is 11. The summed E-state index contributed by atoms with van der Waals surface area (Å²) in [5.74, 6) is -0.407. The molecular formula is C37H70O12S. The predicted molar refractivity (Wildman–Crippen MR) is 193 cm³/mol. The molecule has 1 aliphatic heterocycles. The molecule has 12 nitrogen and oxygen atoms in total. The van der Waals surface area contributed by atoms with Crippen molar-refractivity contribution in [1.29, 1.82) is 0 Å². The SMILES string of the molecule is CCCCCCCC/C=C\CCCCCCCCCC(=O)OC(COCCCCCCCC)COC1OC(CO)C(O)C(OS(=O)(=O)O)C1O. The standard InChI is InChI=1S/C37H70O12S/c1-3-5-7-9-11-12-13-14-15-16-17-18-19-20-21-22-24-26-33(39)47-31(29-45-27-25-23-10-8-6-4-2)30-46-37-35(41)36(49-50(42,43)44)34(40)32(28-38)48-37/h14-15,31-32,34-38,40-41H,3-13,16-30H2,1-2H3,(H,42,43,44)/b15-14-. The van der Waals surface area contributed by atoms with Gasteiger partial charge in [0.2, 0.25) is 0 Å². The predicted octanol–water partition coefficient (Wildman–Crippen LogP) is 6.74. The highest BCUT2D eigenvalue weighted by Gasteiger charge is 2.48. The first kappa shape index (κ1) is 46.9. The lowest BCUT2D eigenvalue weighted by atomic mass is 9.99. The monoisotopic (exact) mass is 738 g/mol. The van der Waals surface area contributed by atoms with Gasteiger partial charge in [0.15, 0.2) is 6.29 Å². The molecule has 1 fully saturated rings. The molecule has 50 heavy (non-hydrogen) atoms. The Hall–Kier alpha value is -1.16. The quantitative estimate of drug-likeness (QED) is 0.0242. The molecule has 0 spiro atoms. The fourth-order valence-corrected chi connectivity index (χ4v) is 6.41. The first-order valence-electron chi connectivity index (χ1n) is 19.4. The first-order valence-corrected chi connectivity index (χ1v) is 20.8. The minimum atomic E-state index is -5.05. The number of ether oxygens (including phenoxy) is 4. The Balaban J connectivity index is 2.42. The number of aliphatic hydroxyl groups excluding tert-OH is 3. The van der Waals surface area contributed by atoms with E-state index in [4.69, 9.17) is 23.5 Å². The fourth-order valence-electron chi connectivity index (χ4n) is 5.90. The van der Waals surface area contributed by atoms with E-state index in [2.05, 4.69) is 30.2 Å². The van der Waals surface area contributed by atoms with Crippen molar-refractivity contribution in [3.8, 4) is 0 Å². The van der Waals surface area contributed by atoms with E-state index < -0.39 is 59.8 Å². The summed E-state index contributed by atoms with van der Waals surface area (Å²) in [5, 5.41) is 30.4. The van der Waals surface area contributed by atoms with Gasteiger partial charge in [0, 0.05) is 13.0 Å². The van der Waals surface area contributed by atoms with Crippen LogP contribution in [-0.4, -0.2) is 97.5 Å². The largest absolute Gasteiger partial charge is 0.457 e. The average Bonchev–Trinajstić information content (AvgIpc) is 3.08. The van der Waals surface area contributed by atoms with Crippen molar-refractivity contribution < 1.29 is 56.2 Å². The Morgan fingerprint density at radius 3 is 1.80 bits per heavy atom. The van der Waals surface area contributed by atoms with Crippen molar-refractivity contribution >= 4 is 16.4 Å². The zero-order valence-electron chi connectivity index (χ0n) is 31.0. The van der Waals surface area contributed by atoms with Crippen molar-refractivity contribution in [3.63, 3.8) is 0 Å². The second-order valence-electron chi connectivity index (χ2n) is 13.5. The molecule has 0 saturated carbocycles. The maximum atomic E-state index is 12.7. The van der Waals surface area contributed by atoms with Gasteiger partial charge in [-0.05, 0) is 38.5 Å². The number of rotatable bonds is 33. The molecule has 296 valence electrons. The van der Waals surface area contributed by atoms with Gasteiger partial charge in [0.05, 0.1) is 19.8 Å². The Kier molecular flexibility index (Phi) is 28.4. The summed E-state index contributed by atoms with van der Waals surface area (Å²) in [6.45, 7) is 3.91. The molecular weight excluding hydrogens is 668 g/mol. The average molecular weight is 739 g/mol. The molecule has 1 aliphatic rings. The smallest absolute Gasteiger partial charge is 0.397 e. The van der Waals surface area contributed by atoms with Crippen molar-refractivity contribution in [3.05, 3.63) is 12.2 Å². The molecule has 0 bridgehead atoms. The van der Waals surface area contributed by atoms with E-state index in [-0.39, 0.29) is 19.6 Å². The number of carbonyl (C=O) groups excluding carboxylic acids is 1. The van der Waals surface area contributed by atoms with Gasteiger partial charge < -0.3 is 34.3 Å². The van der Waals surface area contributed by atoms with Gasteiger partial charge in [-0.15, -0.1) is 0 Å². The van der Waals surface area contributed by atoms with Crippen molar-refractivity contribution in [2.24, 2.45) is 0 Å². The van der Waals surface area contributed by atoms with Crippen molar-refractivity contribution in [1.82, 2.24) is 0 Å². The highest BCUT2D eigenvalue weighted by atomic mass is 32.3. The zero-order valence-corrected chi connectivity index (χ0v) is 31.8. The Morgan fingerprint density at radius 1 is 0.740 bits per heavy atom. The summed E-state index contributed by atoms with van der Waals surface area (Å²) in [6.07, 6.45) is 20.0. The fraction of sp³-hybridized carbons (Fsp3) is 0.919. The minimum absolute atomic E-state index is 0.0365. The molecule has 13 heteroatoms. The summed E-state index contributed by atoms with van der Waals surface area (Å²) in [4.78, 5) is 12.7. The highest BCUT2D eigenvalue weighted by Crippen LogP contribution is 2.26. The van der Waals surface area contributed by atoms with Crippen LogP contribution in [0.2, 0.25) is 0 Å². The Bertz CT molecular complexity index is 947. The van der Waals surface area contributed by atoms with Gasteiger partial charge in [0.1, 0.15) is 30.5 Å². The number of hydrogen-bond donors (Lipinski definition) is 4. The topological polar surface area (TPSA) is 178 Å². The molecule has 0 radical (unpaired) electrons. The molecule has 6 atom stereocenters. The Labute approximate surface area is 302 Å². The number of aliphatic hydroxyl groups is 3. The van der Waals surface area contributed by atoms with Crippen molar-refractivity contribution in [2.45, 2.75) is 192 Å². The molecule has 4 N–H and O–H groups in total. The van der Waals surface area contributed by atoms with Crippen LogP contribution in [0.15, 0.2) is 12.2 Å². The van der Waals surface area contributed by atoms with Crippen LogP contribution < -0.4 is 0 Å². The number of unbranched alkanes of at least 4 members (excludes halogenated alkanes) is 18. The molecule has 1 saturated heterocycles. The molecule has 6 unspecified atom stereocenters. The highest BCUT2D eigenvalue weighted by molar-refractivity contribution is 7.80.